The van der Waals surface area contributed by atoms with E-state index in [1.165, 1.54) is 24.5 Å². The third-order valence-corrected chi connectivity index (χ3v) is 3.88. The number of benzene rings is 2. The van der Waals surface area contributed by atoms with Crippen molar-refractivity contribution >= 4 is 34.1 Å². The van der Waals surface area contributed by atoms with Gasteiger partial charge in [-0.3, -0.25) is 9.78 Å². The third kappa shape index (κ3) is 3.72. The number of carbonyl (C=O) groups excluding carboxylic acids is 1. The van der Waals surface area contributed by atoms with Crippen molar-refractivity contribution in [1.82, 2.24) is 15.0 Å². The fraction of sp³-hybridized carbons (Fsp3) is 0. The van der Waals surface area contributed by atoms with E-state index in [0.29, 0.717) is 22.5 Å². The number of hydrogen-bond donors (Lipinski definition) is 2. The van der Waals surface area contributed by atoms with E-state index in [4.69, 9.17) is 0 Å². The lowest BCUT2D eigenvalue weighted by atomic mass is 10.2. The number of amides is 1. The van der Waals surface area contributed by atoms with Gasteiger partial charge in [-0.05, 0) is 30.3 Å². The molecule has 4 rings (SSSR count). The summed E-state index contributed by atoms with van der Waals surface area (Å²) in [5.74, 6) is -0.436. The van der Waals surface area contributed by atoms with Gasteiger partial charge in [0.15, 0.2) is 0 Å². The minimum Gasteiger partial charge on any atom is -0.324 e. The molecule has 0 aliphatic carbocycles. The van der Waals surface area contributed by atoms with E-state index in [0.717, 1.165) is 5.39 Å². The second kappa shape index (κ2) is 7.17. The number of fused-ring (bicyclic) bond motifs is 1. The molecule has 0 saturated heterocycles. The molecule has 0 spiro atoms. The molecular formula is C20H14FN5O. The van der Waals surface area contributed by atoms with Crippen LogP contribution in [0.5, 0.6) is 0 Å². The van der Waals surface area contributed by atoms with Crippen LogP contribution in [-0.2, 0) is 0 Å². The SMILES string of the molecule is O=C(Nc1cccc2cccnc12)c1cnc(Nc2cccc(F)c2)nc1. The summed E-state index contributed by atoms with van der Waals surface area (Å²) in [6.07, 6.45) is 4.49. The molecule has 2 aromatic carbocycles. The number of anilines is 3. The normalized spacial score (nSPS) is 10.6. The Morgan fingerprint density at radius 2 is 1.70 bits per heavy atom. The van der Waals surface area contributed by atoms with Crippen LogP contribution in [0.2, 0.25) is 0 Å². The van der Waals surface area contributed by atoms with Gasteiger partial charge in [0, 0.05) is 29.7 Å². The summed E-state index contributed by atoms with van der Waals surface area (Å²) < 4.78 is 13.2. The van der Waals surface area contributed by atoms with Crippen LogP contribution in [-0.4, -0.2) is 20.9 Å². The maximum Gasteiger partial charge on any atom is 0.258 e. The van der Waals surface area contributed by atoms with Crippen molar-refractivity contribution in [3.8, 4) is 0 Å². The first-order valence-electron chi connectivity index (χ1n) is 8.19. The summed E-state index contributed by atoms with van der Waals surface area (Å²) in [6.45, 7) is 0. The Kier molecular flexibility index (Phi) is 4.40. The molecule has 0 saturated carbocycles. The molecule has 132 valence electrons. The summed E-state index contributed by atoms with van der Waals surface area (Å²) in [7, 11) is 0. The number of nitrogens with one attached hydrogen (secondary N) is 2. The highest BCUT2D eigenvalue weighted by Crippen LogP contribution is 2.21. The van der Waals surface area contributed by atoms with E-state index in [-0.39, 0.29) is 17.7 Å². The first kappa shape index (κ1) is 16.6. The highest BCUT2D eigenvalue weighted by Gasteiger charge is 2.10. The van der Waals surface area contributed by atoms with Gasteiger partial charge in [-0.25, -0.2) is 14.4 Å². The molecule has 2 heterocycles. The zero-order chi connectivity index (χ0) is 18.6. The lowest BCUT2D eigenvalue weighted by Crippen LogP contribution is -2.13. The first-order chi connectivity index (χ1) is 13.2. The van der Waals surface area contributed by atoms with Gasteiger partial charge in [-0.15, -0.1) is 0 Å². The summed E-state index contributed by atoms with van der Waals surface area (Å²) in [5, 5.41) is 6.64. The second-order valence-corrected chi connectivity index (χ2v) is 5.77. The molecule has 0 aliphatic heterocycles. The number of hydrogen-bond acceptors (Lipinski definition) is 5. The lowest BCUT2D eigenvalue weighted by Gasteiger charge is -2.08. The Morgan fingerprint density at radius 1 is 0.926 bits per heavy atom. The molecule has 4 aromatic rings. The van der Waals surface area contributed by atoms with Crippen molar-refractivity contribution in [3.05, 3.63) is 84.6 Å². The largest absolute Gasteiger partial charge is 0.324 e. The average Bonchev–Trinajstić information content (AvgIpc) is 2.69. The van der Waals surface area contributed by atoms with Crippen LogP contribution in [0.15, 0.2) is 73.2 Å². The van der Waals surface area contributed by atoms with Gasteiger partial charge < -0.3 is 10.6 Å². The molecule has 6 nitrogen and oxygen atoms in total. The monoisotopic (exact) mass is 359 g/mol. The van der Waals surface area contributed by atoms with Crippen LogP contribution in [0.4, 0.5) is 21.7 Å². The number of para-hydroxylation sites is 1. The fourth-order valence-corrected chi connectivity index (χ4v) is 2.60. The predicted molar refractivity (Wildman–Crippen MR) is 101 cm³/mol. The van der Waals surface area contributed by atoms with Gasteiger partial charge in [0.05, 0.1) is 16.8 Å². The molecule has 0 unspecified atom stereocenters. The fourth-order valence-electron chi connectivity index (χ4n) is 2.60. The zero-order valence-electron chi connectivity index (χ0n) is 14.1. The van der Waals surface area contributed by atoms with Crippen molar-refractivity contribution < 1.29 is 9.18 Å². The van der Waals surface area contributed by atoms with E-state index in [2.05, 4.69) is 25.6 Å². The Hall–Kier alpha value is -3.87. The number of pyridine rings is 1. The first-order valence-corrected chi connectivity index (χ1v) is 8.19. The van der Waals surface area contributed by atoms with Crippen molar-refractivity contribution in [1.29, 1.82) is 0 Å². The quantitative estimate of drug-likeness (QED) is 0.572. The van der Waals surface area contributed by atoms with Crippen LogP contribution < -0.4 is 10.6 Å². The minimum absolute atomic E-state index is 0.268. The minimum atomic E-state index is -0.361. The molecule has 0 aliphatic rings. The Morgan fingerprint density at radius 3 is 2.52 bits per heavy atom. The molecule has 2 N–H and O–H groups in total. The summed E-state index contributed by atoms with van der Waals surface area (Å²) in [6, 6.07) is 15.3. The van der Waals surface area contributed by atoms with Crippen molar-refractivity contribution in [3.63, 3.8) is 0 Å². The van der Waals surface area contributed by atoms with E-state index < -0.39 is 0 Å². The summed E-state index contributed by atoms with van der Waals surface area (Å²) >= 11 is 0. The van der Waals surface area contributed by atoms with E-state index >= 15 is 0 Å². The van der Waals surface area contributed by atoms with Gasteiger partial charge in [0.1, 0.15) is 5.82 Å². The molecule has 0 radical (unpaired) electrons. The standard InChI is InChI=1S/C20H14FN5O/c21-15-6-2-7-16(10-15)25-20-23-11-14(12-24-20)19(27)26-17-8-1-4-13-5-3-9-22-18(13)17/h1-12H,(H,26,27)(H,23,24,25). The molecule has 2 aromatic heterocycles. The number of nitrogens with zero attached hydrogens (tertiary/aromatic N) is 3. The van der Waals surface area contributed by atoms with Crippen LogP contribution in [0.3, 0.4) is 0 Å². The Balaban J connectivity index is 1.51. The van der Waals surface area contributed by atoms with Crippen molar-refractivity contribution in [2.75, 3.05) is 10.6 Å². The molecule has 0 bridgehead atoms. The number of carbonyl (C=O) groups is 1. The predicted octanol–water partition coefficient (Wildman–Crippen LogP) is 4.16. The van der Waals surface area contributed by atoms with E-state index in [1.807, 2.05) is 24.3 Å². The lowest BCUT2D eigenvalue weighted by molar-refractivity contribution is 0.102. The summed E-state index contributed by atoms with van der Waals surface area (Å²) in [4.78, 5) is 25.0. The van der Waals surface area contributed by atoms with Gasteiger partial charge in [-0.1, -0.05) is 24.3 Å². The third-order valence-electron chi connectivity index (χ3n) is 3.88. The molecule has 27 heavy (non-hydrogen) atoms. The second-order valence-electron chi connectivity index (χ2n) is 5.77. The highest BCUT2D eigenvalue weighted by molar-refractivity contribution is 6.08. The van der Waals surface area contributed by atoms with Gasteiger partial charge in [0.25, 0.3) is 5.91 Å². The van der Waals surface area contributed by atoms with Gasteiger partial charge in [0.2, 0.25) is 5.95 Å². The molecule has 0 fully saturated rings. The van der Waals surface area contributed by atoms with Crippen LogP contribution in [0.25, 0.3) is 10.9 Å². The van der Waals surface area contributed by atoms with Gasteiger partial charge >= 0.3 is 0 Å². The molecule has 0 atom stereocenters. The smallest absolute Gasteiger partial charge is 0.258 e. The molecule has 1 amide bonds. The molecule has 7 heteroatoms. The van der Waals surface area contributed by atoms with E-state index in [1.54, 1.807) is 24.4 Å². The topological polar surface area (TPSA) is 79.8 Å². The van der Waals surface area contributed by atoms with Crippen LogP contribution in [0.1, 0.15) is 10.4 Å². The molecular weight excluding hydrogens is 345 g/mol. The zero-order valence-corrected chi connectivity index (χ0v) is 14.1. The average molecular weight is 359 g/mol. The van der Waals surface area contributed by atoms with Crippen molar-refractivity contribution in [2.24, 2.45) is 0 Å². The summed E-state index contributed by atoms with van der Waals surface area (Å²) in [5.41, 5.74) is 2.14. The van der Waals surface area contributed by atoms with Gasteiger partial charge in [-0.2, -0.15) is 0 Å². The van der Waals surface area contributed by atoms with Crippen LogP contribution >= 0.6 is 0 Å². The van der Waals surface area contributed by atoms with Crippen molar-refractivity contribution in [2.45, 2.75) is 0 Å². The maximum atomic E-state index is 13.2. The Bertz CT molecular complexity index is 1110. The number of aromatic nitrogens is 3. The number of rotatable bonds is 4. The highest BCUT2D eigenvalue weighted by atomic mass is 19.1. The Labute approximate surface area is 154 Å². The maximum absolute atomic E-state index is 13.2. The van der Waals surface area contributed by atoms with Crippen LogP contribution in [0, 0.1) is 5.82 Å². The van der Waals surface area contributed by atoms with E-state index in [9.17, 15) is 9.18 Å². The number of halogens is 1.